The van der Waals surface area contributed by atoms with Gasteiger partial charge in [0.1, 0.15) is 6.04 Å². The summed E-state index contributed by atoms with van der Waals surface area (Å²) in [6, 6.07) is -0.903. The third-order valence-electron chi connectivity index (χ3n) is 1.50. The number of aliphatic carboxylic acids is 1. The third-order valence-corrected chi connectivity index (χ3v) is 2.40. The summed E-state index contributed by atoms with van der Waals surface area (Å²) in [6.07, 6.45) is 4.48. The summed E-state index contributed by atoms with van der Waals surface area (Å²) >= 11 is 0. The Morgan fingerprint density at radius 2 is 2.00 bits per heavy atom. The van der Waals surface area contributed by atoms with Gasteiger partial charge in [0, 0.05) is 6.42 Å². The molecule has 0 spiro atoms. The van der Waals surface area contributed by atoms with Crippen LogP contribution in [-0.4, -0.2) is 41.2 Å². The third kappa shape index (κ3) is 6.60. The van der Waals surface area contributed by atoms with E-state index in [2.05, 4.69) is 0 Å². The molecule has 0 aliphatic rings. The fourth-order valence-electron chi connectivity index (χ4n) is 0.834. The summed E-state index contributed by atoms with van der Waals surface area (Å²) in [5, 5.41) is 8.44. The number of carbonyl (C=O) groups is 2. The number of hydrogen-bond acceptors (Lipinski definition) is 3. The zero-order chi connectivity index (χ0) is 10.4. The van der Waals surface area contributed by atoms with E-state index in [1.807, 2.05) is 12.5 Å². The van der Waals surface area contributed by atoms with Crippen molar-refractivity contribution in [3.8, 4) is 0 Å². The summed E-state index contributed by atoms with van der Waals surface area (Å²) in [5.74, 6) is -0.406. The molecular formula is C8H16NO3S+. The van der Waals surface area contributed by atoms with Crippen LogP contribution in [0.1, 0.15) is 12.8 Å². The minimum Gasteiger partial charge on any atom is -0.480 e. The molecule has 0 aromatic rings. The molecular weight excluding hydrogens is 190 g/mol. The molecule has 0 aromatic heterocycles. The van der Waals surface area contributed by atoms with Crippen LogP contribution in [-0.2, 0) is 20.5 Å². The Morgan fingerprint density at radius 1 is 1.46 bits per heavy atom. The van der Waals surface area contributed by atoms with Crippen LogP contribution in [0.2, 0.25) is 0 Å². The summed E-state index contributed by atoms with van der Waals surface area (Å²) in [5.41, 5.74) is 5.25. The largest absolute Gasteiger partial charge is 0.480 e. The van der Waals surface area contributed by atoms with Gasteiger partial charge in [-0.1, -0.05) is 0 Å². The van der Waals surface area contributed by atoms with Crippen molar-refractivity contribution in [2.45, 2.75) is 18.9 Å². The number of carboxylic acid groups (broad SMARTS) is 1. The van der Waals surface area contributed by atoms with Gasteiger partial charge in [-0.25, -0.2) is 0 Å². The predicted octanol–water partition coefficient (Wildman–Crippen LogP) is -0.374. The van der Waals surface area contributed by atoms with Crippen LogP contribution in [0.4, 0.5) is 0 Å². The van der Waals surface area contributed by atoms with Crippen molar-refractivity contribution in [3.05, 3.63) is 0 Å². The Balaban J connectivity index is 3.64. The molecule has 0 heterocycles. The Hall–Kier alpha value is -0.550. The van der Waals surface area contributed by atoms with Gasteiger partial charge < -0.3 is 10.8 Å². The minimum atomic E-state index is -1.04. The monoisotopic (exact) mass is 206 g/mol. The van der Waals surface area contributed by atoms with Gasteiger partial charge in [0.2, 0.25) is 0 Å². The highest BCUT2D eigenvalue weighted by atomic mass is 32.2. The van der Waals surface area contributed by atoms with E-state index in [0.717, 1.165) is 0 Å². The van der Waals surface area contributed by atoms with Crippen molar-refractivity contribution in [2.24, 2.45) is 5.73 Å². The summed E-state index contributed by atoms with van der Waals surface area (Å²) in [6.45, 7) is 0. The first-order chi connectivity index (χ1) is 5.93. The number of nitrogens with two attached hydrogens (primary N) is 1. The molecule has 0 aromatic carbocycles. The van der Waals surface area contributed by atoms with Crippen LogP contribution in [0.5, 0.6) is 0 Å². The van der Waals surface area contributed by atoms with Crippen LogP contribution < -0.4 is 5.73 Å². The first-order valence-electron chi connectivity index (χ1n) is 3.97. The first-order valence-corrected chi connectivity index (χ1v) is 6.18. The van der Waals surface area contributed by atoms with Crippen molar-refractivity contribution in [1.82, 2.24) is 0 Å². The average Bonchev–Trinajstić information content (AvgIpc) is 1.98. The van der Waals surface area contributed by atoms with Crippen molar-refractivity contribution in [2.75, 3.05) is 18.3 Å². The molecule has 0 aliphatic carbocycles. The number of rotatable bonds is 6. The highest BCUT2D eigenvalue weighted by Crippen LogP contribution is 1.98. The summed E-state index contributed by atoms with van der Waals surface area (Å²) < 4.78 is 0. The topological polar surface area (TPSA) is 80.4 Å². The van der Waals surface area contributed by atoms with Gasteiger partial charge in [-0.05, 0) is 17.3 Å². The number of ketones is 1. The molecule has 5 heteroatoms. The molecule has 4 nitrogen and oxygen atoms in total. The lowest BCUT2D eigenvalue weighted by Crippen LogP contribution is -2.31. The highest BCUT2D eigenvalue weighted by Gasteiger charge is 2.16. The van der Waals surface area contributed by atoms with E-state index in [9.17, 15) is 9.59 Å². The van der Waals surface area contributed by atoms with Gasteiger partial charge in [-0.3, -0.25) is 9.59 Å². The fraction of sp³-hybridized carbons (Fsp3) is 0.750. The van der Waals surface area contributed by atoms with Gasteiger partial charge in [0.05, 0.1) is 12.5 Å². The van der Waals surface area contributed by atoms with Crippen molar-refractivity contribution < 1.29 is 14.7 Å². The van der Waals surface area contributed by atoms with Crippen LogP contribution in [0, 0.1) is 0 Å². The van der Waals surface area contributed by atoms with Crippen LogP contribution in [0.25, 0.3) is 0 Å². The molecule has 3 N–H and O–H groups in total. The Kier molecular flexibility index (Phi) is 5.73. The zero-order valence-corrected chi connectivity index (χ0v) is 8.76. The van der Waals surface area contributed by atoms with Gasteiger partial charge in [0.25, 0.3) is 0 Å². The maximum atomic E-state index is 11.1. The molecule has 0 rings (SSSR count). The van der Waals surface area contributed by atoms with Crippen molar-refractivity contribution in [3.63, 3.8) is 0 Å². The highest BCUT2D eigenvalue weighted by molar-refractivity contribution is 7.96. The zero-order valence-electron chi connectivity index (χ0n) is 7.95. The van der Waals surface area contributed by atoms with Crippen molar-refractivity contribution >= 4 is 22.6 Å². The molecule has 0 aliphatic heterocycles. The van der Waals surface area contributed by atoms with E-state index >= 15 is 0 Å². The molecule has 0 bridgehead atoms. The van der Waals surface area contributed by atoms with Crippen LogP contribution >= 0.6 is 0 Å². The number of hydrogen-bond donors (Lipinski definition) is 2. The molecule has 13 heavy (non-hydrogen) atoms. The second-order valence-corrected chi connectivity index (χ2v) is 5.41. The summed E-state index contributed by atoms with van der Waals surface area (Å²) in [4.78, 5) is 21.4. The van der Waals surface area contributed by atoms with Gasteiger partial charge in [-0.2, -0.15) is 0 Å². The van der Waals surface area contributed by atoms with E-state index < -0.39 is 12.0 Å². The molecule has 0 radical (unpaired) electrons. The predicted molar refractivity (Wildman–Crippen MR) is 53.9 cm³/mol. The Morgan fingerprint density at radius 3 is 2.38 bits per heavy atom. The SMILES string of the molecule is C[S+](C)CC(=O)CC[C@H](N)C(=O)O. The first kappa shape index (κ1) is 12.4. The lowest BCUT2D eigenvalue weighted by molar-refractivity contribution is -0.138. The number of carbonyl (C=O) groups excluding carboxylic acids is 1. The van der Waals surface area contributed by atoms with Crippen LogP contribution in [0.3, 0.4) is 0 Å². The van der Waals surface area contributed by atoms with Gasteiger partial charge in [0.15, 0.2) is 11.5 Å². The van der Waals surface area contributed by atoms with Crippen molar-refractivity contribution in [1.29, 1.82) is 0 Å². The Labute approximate surface area is 80.8 Å². The molecule has 0 fully saturated rings. The second-order valence-electron chi connectivity index (χ2n) is 3.15. The molecule has 0 saturated carbocycles. The minimum absolute atomic E-state index is 0.0911. The van der Waals surface area contributed by atoms with E-state index in [1.54, 1.807) is 0 Å². The van der Waals surface area contributed by atoms with Crippen LogP contribution in [0.15, 0.2) is 0 Å². The fourth-order valence-corrected chi connectivity index (χ4v) is 1.62. The smallest absolute Gasteiger partial charge is 0.320 e. The maximum absolute atomic E-state index is 11.1. The van der Waals surface area contributed by atoms with E-state index in [4.69, 9.17) is 10.8 Å². The lowest BCUT2D eigenvalue weighted by atomic mass is 10.1. The molecule has 1 atom stereocenters. The second kappa shape index (κ2) is 5.99. The standard InChI is InChI=1S/C8H15NO3S/c1-13(2)5-6(10)3-4-7(9)8(11)12/h7H,3-5,9H2,1-2H3/p+1/t7-/m0/s1. The van der Waals surface area contributed by atoms with E-state index in [-0.39, 0.29) is 29.5 Å². The molecule has 0 saturated heterocycles. The number of Topliss-reactive ketones (excluding diaryl/α,β-unsaturated/α-hetero) is 1. The molecule has 0 unspecified atom stereocenters. The Bertz CT molecular complexity index is 194. The average molecular weight is 206 g/mol. The van der Waals surface area contributed by atoms with Gasteiger partial charge in [-0.15, -0.1) is 0 Å². The van der Waals surface area contributed by atoms with Gasteiger partial charge >= 0.3 is 5.97 Å². The molecule has 76 valence electrons. The van der Waals surface area contributed by atoms with E-state index in [1.165, 1.54) is 0 Å². The quantitative estimate of drug-likeness (QED) is 0.581. The van der Waals surface area contributed by atoms with E-state index in [0.29, 0.717) is 5.75 Å². The maximum Gasteiger partial charge on any atom is 0.320 e. The molecule has 0 amide bonds. The normalized spacial score (nSPS) is 12.9. The summed E-state index contributed by atoms with van der Waals surface area (Å²) in [7, 11) is 0.0911. The number of carboxylic acids is 1. The lowest BCUT2D eigenvalue weighted by Gasteiger charge is -2.03.